The molecular weight excluding hydrogens is 541 g/mol. The number of hydrogen-bond donors (Lipinski definition) is 0. The van der Waals surface area contributed by atoms with E-state index in [-0.39, 0.29) is 32.3 Å². The Morgan fingerprint density at radius 1 is 0.658 bits per heavy atom. The van der Waals surface area contributed by atoms with Crippen molar-refractivity contribution in [3.05, 3.63) is 149 Å². The molecule has 0 aliphatic heterocycles. The number of ketones is 1. The van der Waals surface area contributed by atoms with Crippen LogP contribution in [0.25, 0.3) is 0 Å². The number of halogens is 4. The molecule has 0 saturated carbocycles. The Labute approximate surface area is 224 Å². The molecule has 0 aliphatic carbocycles. The van der Waals surface area contributed by atoms with E-state index in [2.05, 4.69) is 0 Å². The fourth-order valence-corrected chi connectivity index (χ4v) is 4.70. The van der Waals surface area contributed by atoms with Gasteiger partial charge in [0, 0.05) is 33.3 Å². The molecule has 0 aromatic heterocycles. The first kappa shape index (κ1) is 26.8. The minimum Gasteiger partial charge on any atom is -0.298 e. The summed E-state index contributed by atoms with van der Waals surface area (Å²) in [5.74, 6) is -5.18. The Hall–Kier alpha value is -4.21. The largest absolute Gasteiger partial charge is 0.298 e. The highest BCUT2D eigenvalue weighted by molar-refractivity contribution is 6.31. The summed E-state index contributed by atoms with van der Waals surface area (Å²) in [6, 6.07) is 17.1. The highest BCUT2D eigenvalue weighted by Gasteiger charge is 2.38. The average molecular weight is 557 g/mol. The first-order valence-corrected chi connectivity index (χ1v) is 11.7. The summed E-state index contributed by atoms with van der Waals surface area (Å²) in [7, 11) is 0. The minimum atomic E-state index is -1.48. The lowest BCUT2D eigenvalue weighted by Crippen LogP contribution is -2.24. The molecule has 0 amide bonds. The van der Waals surface area contributed by atoms with Crippen LogP contribution >= 0.6 is 23.2 Å². The molecule has 4 aromatic carbocycles. The molecule has 11 heteroatoms. The number of benzene rings is 4. The predicted molar refractivity (Wildman–Crippen MR) is 138 cm³/mol. The molecule has 0 bridgehead atoms. The lowest BCUT2D eigenvalue weighted by Gasteiger charge is -2.24. The molecule has 0 spiro atoms. The summed E-state index contributed by atoms with van der Waals surface area (Å²) >= 11 is 12.0. The molecule has 2 unspecified atom stereocenters. The fourth-order valence-electron chi connectivity index (χ4n) is 4.37. The third kappa shape index (κ3) is 5.53. The maximum atomic E-state index is 14.4. The topological polar surface area (TPSA) is 103 Å². The summed E-state index contributed by atoms with van der Waals surface area (Å²) in [6.45, 7) is 0. The summed E-state index contributed by atoms with van der Waals surface area (Å²) in [5.41, 5.74) is -1.15. The highest BCUT2D eigenvalue weighted by Crippen LogP contribution is 2.42. The molecule has 0 aliphatic rings. The molecule has 0 fully saturated rings. The van der Waals surface area contributed by atoms with Gasteiger partial charge in [0.1, 0.15) is 11.6 Å². The molecule has 2 atom stereocenters. The van der Waals surface area contributed by atoms with E-state index in [4.69, 9.17) is 23.2 Å². The van der Waals surface area contributed by atoms with Crippen LogP contribution in [0.4, 0.5) is 20.2 Å². The van der Waals surface area contributed by atoms with Crippen molar-refractivity contribution in [3.8, 4) is 0 Å². The maximum absolute atomic E-state index is 14.4. The smallest absolute Gasteiger partial charge is 0.275 e. The third-order valence-corrected chi connectivity index (χ3v) is 6.40. The Kier molecular flexibility index (Phi) is 7.80. The summed E-state index contributed by atoms with van der Waals surface area (Å²) < 4.78 is 28.6. The zero-order valence-corrected chi connectivity index (χ0v) is 20.7. The zero-order valence-electron chi connectivity index (χ0n) is 19.2. The van der Waals surface area contributed by atoms with Gasteiger partial charge in [0.15, 0.2) is 5.78 Å². The van der Waals surface area contributed by atoms with Crippen LogP contribution in [0.1, 0.15) is 34.1 Å². The SMILES string of the molecule is O=C(C(c1cccc(F)c1)c1ccc(Cl)cc1[N+](=O)[O-])C(c1cccc(F)c1)c1ccc(Cl)cc1[N+](=O)[O-]. The van der Waals surface area contributed by atoms with Gasteiger partial charge in [0.2, 0.25) is 0 Å². The lowest BCUT2D eigenvalue weighted by molar-refractivity contribution is -0.385. The molecular formula is C27H16Cl2F2N2O5. The van der Waals surface area contributed by atoms with Crippen LogP contribution in [0, 0.1) is 31.9 Å². The predicted octanol–water partition coefficient (Wildman–Crippen LogP) is 7.62. The van der Waals surface area contributed by atoms with Gasteiger partial charge in [-0.25, -0.2) is 8.78 Å². The van der Waals surface area contributed by atoms with Crippen molar-refractivity contribution >= 4 is 40.4 Å². The molecule has 0 N–H and O–H groups in total. The van der Waals surface area contributed by atoms with Gasteiger partial charge < -0.3 is 0 Å². The highest BCUT2D eigenvalue weighted by atomic mass is 35.5. The molecule has 38 heavy (non-hydrogen) atoms. The molecule has 192 valence electrons. The first-order valence-electron chi connectivity index (χ1n) is 11.0. The third-order valence-electron chi connectivity index (χ3n) is 5.93. The van der Waals surface area contributed by atoms with E-state index < -0.39 is 50.5 Å². The lowest BCUT2D eigenvalue weighted by atomic mass is 9.76. The number of nitro benzene ring substituents is 2. The van der Waals surface area contributed by atoms with Gasteiger partial charge in [-0.2, -0.15) is 0 Å². The van der Waals surface area contributed by atoms with Gasteiger partial charge in [-0.3, -0.25) is 25.0 Å². The van der Waals surface area contributed by atoms with E-state index in [0.29, 0.717) is 0 Å². The maximum Gasteiger partial charge on any atom is 0.275 e. The van der Waals surface area contributed by atoms with Crippen molar-refractivity contribution in [2.45, 2.75) is 11.8 Å². The van der Waals surface area contributed by atoms with Gasteiger partial charge in [0.05, 0.1) is 21.7 Å². The molecule has 0 saturated heterocycles. The van der Waals surface area contributed by atoms with Crippen LogP contribution in [0.5, 0.6) is 0 Å². The van der Waals surface area contributed by atoms with Gasteiger partial charge in [-0.15, -0.1) is 0 Å². The quantitative estimate of drug-likeness (QED) is 0.164. The van der Waals surface area contributed by atoms with E-state index in [0.717, 1.165) is 36.4 Å². The normalized spacial score (nSPS) is 12.5. The number of carbonyl (C=O) groups is 1. The second kappa shape index (κ2) is 11.0. The number of hydrogen-bond acceptors (Lipinski definition) is 5. The molecule has 0 heterocycles. The number of rotatable bonds is 8. The van der Waals surface area contributed by atoms with E-state index in [9.17, 15) is 33.8 Å². The van der Waals surface area contributed by atoms with Crippen LogP contribution < -0.4 is 0 Å². The molecule has 7 nitrogen and oxygen atoms in total. The van der Waals surface area contributed by atoms with E-state index in [1.807, 2.05) is 0 Å². The van der Waals surface area contributed by atoms with Crippen LogP contribution in [-0.2, 0) is 4.79 Å². The standard InChI is InChI=1S/C27H16Cl2F2N2O5/c28-17-7-9-21(23(13-17)32(35)36)25(15-3-1-5-19(30)11-15)27(34)26(16-4-2-6-20(31)12-16)22-10-8-18(29)14-24(22)33(37)38/h1-14,25-26H. The summed E-state index contributed by atoms with van der Waals surface area (Å²) in [6.07, 6.45) is 0. The van der Waals surface area contributed by atoms with Crippen LogP contribution in [0.2, 0.25) is 10.0 Å². The number of Topliss-reactive ketones (excluding diaryl/α,β-unsaturated/α-hetero) is 1. The van der Waals surface area contributed by atoms with Crippen molar-refractivity contribution in [2.24, 2.45) is 0 Å². The Morgan fingerprint density at radius 2 is 1.05 bits per heavy atom. The van der Waals surface area contributed by atoms with Gasteiger partial charge in [-0.05, 0) is 59.7 Å². The van der Waals surface area contributed by atoms with Crippen molar-refractivity contribution < 1.29 is 23.4 Å². The monoisotopic (exact) mass is 556 g/mol. The summed E-state index contributed by atoms with van der Waals surface area (Å²) in [5, 5.41) is 23.9. The second-order valence-corrected chi connectivity index (χ2v) is 9.17. The van der Waals surface area contributed by atoms with Crippen LogP contribution in [0.15, 0.2) is 84.9 Å². The van der Waals surface area contributed by atoms with Crippen molar-refractivity contribution in [2.75, 3.05) is 0 Å². The van der Waals surface area contributed by atoms with Crippen LogP contribution in [-0.4, -0.2) is 15.6 Å². The number of nitrogens with zero attached hydrogens (tertiary/aromatic N) is 2. The molecule has 4 aromatic rings. The van der Waals surface area contributed by atoms with E-state index in [1.165, 1.54) is 48.5 Å². The van der Waals surface area contributed by atoms with Crippen molar-refractivity contribution in [3.63, 3.8) is 0 Å². The van der Waals surface area contributed by atoms with E-state index in [1.54, 1.807) is 0 Å². The van der Waals surface area contributed by atoms with Gasteiger partial charge in [0.25, 0.3) is 11.4 Å². The summed E-state index contributed by atoms with van der Waals surface area (Å²) in [4.78, 5) is 36.8. The van der Waals surface area contributed by atoms with Crippen molar-refractivity contribution in [1.29, 1.82) is 0 Å². The Balaban J connectivity index is 2.04. The van der Waals surface area contributed by atoms with Crippen LogP contribution in [0.3, 0.4) is 0 Å². The van der Waals surface area contributed by atoms with Gasteiger partial charge >= 0.3 is 0 Å². The zero-order chi connectivity index (χ0) is 27.6. The van der Waals surface area contributed by atoms with Crippen molar-refractivity contribution in [1.82, 2.24) is 0 Å². The first-order chi connectivity index (χ1) is 18.1. The molecule has 0 radical (unpaired) electrons. The molecule has 4 rings (SSSR count). The minimum absolute atomic E-state index is 0.0286. The Morgan fingerprint density at radius 3 is 1.39 bits per heavy atom. The average Bonchev–Trinajstić information content (AvgIpc) is 2.86. The number of nitro groups is 2. The second-order valence-electron chi connectivity index (χ2n) is 8.30. The van der Waals surface area contributed by atoms with E-state index >= 15 is 0 Å². The number of carbonyl (C=O) groups excluding carboxylic acids is 1. The fraction of sp³-hybridized carbons (Fsp3) is 0.0741. The Bertz CT molecular complexity index is 1470. The van der Waals surface area contributed by atoms with Gasteiger partial charge in [-0.1, -0.05) is 47.5 Å².